The van der Waals surface area contributed by atoms with Gasteiger partial charge in [0.1, 0.15) is 0 Å². The van der Waals surface area contributed by atoms with Crippen molar-refractivity contribution in [3.8, 4) is 0 Å². The van der Waals surface area contributed by atoms with Crippen LogP contribution in [0.4, 0.5) is 5.69 Å². The molecule has 0 radical (unpaired) electrons. The molecule has 2 rings (SSSR count). The fraction of sp³-hybridized carbons (Fsp3) is 0.500. The van der Waals surface area contributed by atoms with Crippen LogP contribution in [-0.4, -0.2) is 21.5 Å². The highest BCUT2D eigenvalue weighted by Crippen LogP contribution is 2.33. The Bertz CT molecular complexity index is 516. The maximum absolute atomic E-state index is 12.2. The first kappa shape index (κ1) is 13.3. The maximum atomic E-state index is 12.2. The molecule has 1 unspecified atom stereocenters. The summed E-state index contributed by atoms with van der Waals surface area (Å²) >= 11 is 0. The molecular weight excluding hydrogens is 250 g/mol. The molecule has 6 heteroatoms. The highest BCUT2D eigenvalue weighted by Gasteiger charge is 2.29. The van der Waals surface area contributed by atoms with Gasteiger partial charge in [0.2, 0.25) is 0 Å². The van der Waals surface area contributed by atoms with Crippen LogP contribution in [0, 0.1) is 0 Å². The summed E-state index contributed by atoms with van der Waals surface area (Å²) in [5, 5.41) is 0. The van der Waals surface area contributed by atoms with Crippen molar-refractivity contribution >= 4 is 15.9 Å². The van der Waals surface area contributed by atoms with E-state index in [9.17, 15) is 8.42 Å². The summed E-state index contributed by atoms with van der Waals surface area (Å²) in [5.74, 6) is 0. The second-order valence-corrected chi connectivity index (χ2v) is 6.11. The summed E-state index contributed by atoms with van der Waals surface area (Å²) in [6.07, 6.45) is 1.41. The summed E-state index contributed by atoms with van der Waals surface area (Å²) in [5.41, 5.74) is 7.60. The molecule has 1 aromatic carbocycles. The van der Waals surface area contributed by atoms with Crippen molar-refractivity contribution in [1.82, 2.24) is 4.72 Å². The molecule has 1 atom stereocenters. The normalized spacial score (nSPS) is 19.7. The van der Waals surface area contributed by atoms with Gasteiger partial charge in [0.15, 0.2) is 0 Å². The number of nitrogens with zero attached hydrogens (tertiary/aromatic N) is 1. The monoisotopic (exact) mass is 269 g/mol. The molecule has 1 aliphatic rings. The van der Waals surface area contributed by atoms with Crippen molar-refractivity contribution in [1.29, 1.82) is 0 Å². The molecule has 0 bridgehead atoms. The van der Waals surface area contributed by atoms with E-state index in [4.69, 9.17) is 5.73 Å². The standard InChI is InChI=1S/C12H19N3O2S/c1-2-8-14-18(16,17)15-9-7-11(13)10-5-3-4-6-12(10)15/h3-6,11,14H,2,7-9,13H2,1H3. The molecule has 0 fully saturated rings. The van der Waals surface area contributed by atoms with Crippen LogP contribution in [0.1, 0.15) is 31.4 Å². The Hall–Kier alpha value is -1.11. The van der Waals surface area contributed by atoms with Crippen LogP contribution in [0.3, 0.4) is 0 Å². The maximum Gasteiger partial charge on any atom is 0.301 e. The average Bonchev–Trinajstić information content (AvgIpc) is 2.37. The third-order valence-electron chi connectivity index (χ3n) is 3.07. The lowest BCUT2D eigenvalue weighted by Crippen LogP contribution is -2.45. The van der Waals surface area contributed by atoms with Gasteiger partial charge in [0, 0.05) is 19.1 Å². The Morgan fingerprint density at radius 1 is 1.44 bits per heavy atom. The van der Waals surface area contributed by atoms with Gasteiger partial charge in [0.05, 0.1) is 5.69 Å². The molecule has 100 valence electrons. The van der Waals surface area contributed by atoms with Crippen molar-refractivity contribution in [2.24, 2.45) is 5.73 Å². The SMILES string of the molecule is CCCNS(=O)(=O)N1CCC(N)c2ccccc21. The Morgan fingerprint density at radius 3 is 2.89 bits per heavy atom. The minimum atomic E-state index is -3.45. The van der Waals surface area contributed by atoms with Crippen molar-refractivity contribution < 1.29 is 8.42 Å². The predicted octanol–water partition coefficient (Wildman–Crippen LogP) is 1.14. The smallest absolute Gasteiger partial charge is 0.301 e. The first-order valence-corrected chi connectivity index (χ1v) is 7.62. The first-order chi connectivity index (χ1) is 8.56. The number of rotatable bonds is 4. The van der Waals surface area contributed by atoms with Gasteiger partial charge in [-0.2, -0.15) is 13.1 Å². The fourth-order valence-corrected chi connectivity index (χ4v) is 3.51. The minimum absolute atomic E-state index is 0.0844. The molecule has 0 spiro atoms. The van der Waals surface area contributed by atoms with Crippen molar-refractivity contribution in [2.75, 3.05) is 17.4 Å². The molecule has 3 N–H and O–H groups in total. The predicted molar refractivity (Wildman–Crippen MR) is 72.5 cm³/mol. The summed E-state index contributed by atoms with van der Waals surface area (Å²) in [6, 6.07) is 7.33. The van der Waals surface area contributed by atoms with Gasteiger partial charge in [-0.25, -0.2) is 0 Å². The zero-order valence-corrected chi connectivity index (χ0v) is 11.3. The van der Waals surface area contributed by atoms with E-state index in [1.807, 2.05) is 25.1 Å². The summed E-state index contributed by atoms with van der Waals surface area (Å²) in [7, 11) is -3.45. The number of nitrogens with two attached hydrogens (primary N) is 1. The molecule has 0 aromatic heterocycles. The number of hydrogen-bond donors (Lipinski definition) is 2. The molecular formula is C12H19N3O2S. The van der Waals surface area contributed by atoms with E-state index in [0.29, 0.717) is 25.2 Å². The van der Waals surface area contributed by atoms with E-state index in [2.05, 4.69) is 4.72 Å². The zero-order valence-electron chi connectivity index (χ0n) is 10.5. The number of benzene rings is 1. The number of nitrogens with one attached hydrogen (secondary N) is 1. The third kappa shape index (κ3) is 2.50. The van der Waals surface area contributed by atoms with Crippen LogP contribution in [0.15, 0.2) is 24.3 Å². The van der Waals surface area contributed by atoms with Crippen molar-refractivity contribution in [3.05, 3.63) is 29.8 Å². The van der Waals surface area contributed by atoms with Gasteiger partial charge in [0.25, 0.3) is 0 Å². The fourth-order valence-electron chi connectivity index (χ4n) is 2.12. The van der Waals surface area contributed by atoms with Crippen molar-refractivity contribution in [3.63, 3.8) is 0 Å². The minimum Gasteiger partial charge on any atom is -0.324 e. The van der Waals surface area contributed by atoms with Gasteiger partial charge in [-0.3, -0.25) is 4.31 Å². The van der Waals surface area contributed by atoms with E-state index >= 15 is 0 Å². The molecule has 0 saturated heterocycles. The third-order valence-corrected chi connectivity index (χ3v) is 4.60. The van der Waals surface area contributed by atoms with Gasteiger partial charge in [-0.15, -0.1) is 0 Å². The average molecular weight is 269 g/mol. The van der Waals surface area contributed by atoms with Crippen LogP contribution >= 0.6 is 0 Å². The largest absolute Gasteiger partial charge is 0.324 e. The van der Waals surface area contributed by atoms with Crippen LogP contribution < -0.4 is 14.8 Å². The molecule has 1 aromatic rings. The number of anilines is 1. The Kier molecular flexibility index (Phi) is 3.89. The van der Waals surface area contributed by atoms with Gasteiger partial charge in [-0.1, -0.05) is 25.1 Å². The molecule has 18 heavy (non-hydrogen) atoms. The molecule has 0 amide bonds. The highest BCUT2D eigenvalue weighted by molar-refractivity contribution is 7.90. The zero-order chi connectivity index (χ0) is 13.2. The summed E-state index contributed by atoms with van der Waals surface area (Å²) in [6.45, 7) is 2.81. The van der Waals surface area contributed by atoms with E-state index in [-0.39, 0.29) is 6.04 Å². The topological polar surface area (TPSA) is 75.4 Å². The van der Waals surface area contributed by atoms with Crippen LogP contribution in [0.2, 0.25) is 0 Å². The van der Waals surface area contributed by atoms with E-state index < -0.39 is 10.2 Å². The Balaban J connectivity index is 2.34. The second-order valence-electron chi connectivity index (χ2n) is 4.43. The molecule has 1 aliphatic heterocycles. The summed E-state index contributed by atoms with van der Waals surface area (Å²) < 4.78 is 28.4. The lowest BCUT2D eigenvalue weighted by molar-refractivity contribution is 0.561. The van der Waals surface area contributed by atoms with Crippen LogP contribution in [0.25, 0.3) is 0 Å². The lowest BCUT2D eigenvalue weighted by atomic mass is 9.99. The number of hydrogen-bond acceptors (Lipinski definition) is 3. The molecule has 5 nitrogen and oxygen atoms in total. The van der Waals surface area contributed by atoms with Gasteiger partial charge >= 0.3 is 10.2 Å². The van der Waals surface area contributed by atoms with E-state index in [1.54, 1.807) is 6.07 Å². The molecule has 1 heterocycles. The second kappa shape index (κ2) is 5.26. The Labute approximate surface area is 108 Å². The quantitative estimate of drug-likeness (QED) is 0.860. The number of para-hydroxylation sites is 1. The van der Waals surface area contributed by atoms with Crippen LogP contribution in [-0.2, 0) is 10.2 Å². The van der Waals surface area contributed by atoms with E-state index in [1.165, 1.54) is 4.31 Å². The number of fused-ring (bicyclic) bond motifs is 1. The highest BCUT2D eigenvalue weighted by atomic mass is 32.2. The molecule has 0 saturated carbocycles. The Morgan fingerprint density at radius 2 is 2.17 bits per heavy atom. The molecule has 0 aliphatic carbocycles. The first-order valence-electron chi connectivity index (χ1n) is 6.18. The van der Waals surface area contributed by atoms with Crippen LogP contribution in [0.5, 0.6) is 0 Å². The van der Waals surface area contributed by atoms with Crippen molar-refractivity contribution in [2.45, 2.75) is 25.8 Å². The summed E-state index contributed by atoms with van der Waals surface area (Å²) in [4.78, 5) is 0. The van der Waals surface area contributed by atoms with Gasteiger partial charge in [-0.05, 0) is 24.5 Å². The van der Waals surface area contributed by atoms with Gasteiger partial charge < -0.3 is 5.73 Å². The lowest BCUT2D eigenvalue weighted by Gasteiger charge is -2.33. The van der Waals surface area contributed by atoms with E-state index in [0.717, 1.165) is 12.0 Å².